The van der Waals surface area contributed by atoms with Gasteiger partial charge in [-0.1, -0.05) is 6.92 Å². The van der Waals surface area contributed by atoms with Crippen molar-refractivity contribution < 1.29 is 9.18 Å². The predicted molar refractivity (Wildman–Crippen MR) is 95.5 cm³/mol. The van der Waals surface area contributed by atoms with Gasteiger partial charge >= 0.3 is 0 Å². The van der Waals surface area contributed by atoms with Crippen molar-refractivity contribution in [2.75, 3.05) is 49.6 Å². The molecule has 0 unspecified atom stereocenters. The van der Waals surface area contributed by atoms with Gasteiger partial charge in [0, 0.05) is 51.2 Å². The summed E-state index contributed by atoms with van der Waals surface area (Å²) in [5, 5.41) is 0. The second kappa shape index (κ2) is 7.57. The Labute approximate surface area is 146 Å². The molecule has 25 heavy (non-hydrogen) atoms. The number of hydrogen-bond acceptors (Lipinski definition) is 5. The van der Waals surface area contributed by atoms with Gasteiger partial charge in [0.25, 0.3) is 5.91 Å². The maximum absolute atomic E-state index is 14.6. The molecule has 1 amide bonds. The van der Waals surface area contributed by atoms with Gasteiger partial charge in [-0.3, -0.25) is 9.69 Å². The molecule has 0 radical (unpaired) electrons. The van der Waals surface area contributed by atoms with Crippen molar-refractivity contribution in [3.8, 4) is 0 Å². The van der Waals surface area contributed by atoms with E-state index in [1.165, 1.54) is 11.0 Å². The van der Waals surface area contributed by atoms with Gasteiger partial charge in [-0.15, -0.1) is 0 Å². The van der Waals surface area contributed by atoms with Gasteiger partial charge in [0.15, 0.2) is 0 Å². The number of nitrogens with zero attached hydrogens (tertiary/aromatic N) is 5. The van der Waals surface area contributed by atoms with E-state index in [0.717, 1.165) is 32.7 Å². The third-order valence-electron chi connectivity index (χ3n) is 4.51. The standard InChI is InChI=1S/C18H22FN5O/c1-3-23-9-11-24(12-10-23)16-6-5-14(13-15(16)19)17(25)22(2)18-20-7-4-8-21-18/h4-8,13H,3,9-12H2,1-2H3. The number of aromatic nitrogens is 2. The first-order chi connectivity index (χ1) is 12.1. The Morgan fingerprint density at radius 2 is 1.88 bits per heavy atom. The third-order valence-corrected chi connectivity index (χ3v) is 4.51. The van der Waals surface area contributed by atoms with Gasteiger partial charge in [-0.25, -0.2) is 14.4 Å². The number of amides is 1. The van der Waals surface area contributed by atoms with E-state index in [2.05, 4.69) is 21.8 Å². The molecular formula is C18H22FN5O. The molecule has 1 aromatic carbocycles. The number of hydrogen-bond donors (Lipinski definition) is 0. The minimum atomic E-state index is -0.377. The molecule has 0 aliphatic carbocycles. The fraction of sp³-hybridized carbons (Fsp3) is 0.389. The molecule has 1 aliphatic heterocycles. The van der Waals surface area contributed by atoms with Crippen molar-refractivity contribution in [3.05, 3.63) is 48.0 Å². The molecular weight excluding hydrogens is 321 g/mol. The van der Waals surface area contributed by atoms with Gasteiger partial charge < -0.3 is 9.80 Å². The number of anilines is 2. The highest BCUT2D eigenvalue weighted by atomic mass is 19.1. The fourth-order valence-electron chi connectivity index (χ4n) is 2.95. The van der Waals surface area contributed by atoms with Gasteiger partial charge in [0.2, 0.25) is 5.95 Å². The van der Waals surface area contributed by atoms with Crippen molar-refractivity contribution in [2.45, 2.75) is 6.92 Å². The minimum absolute atomic E-state index is 0.281. The van der Waals surface area contributed by atoms with E-state index < -0.39 is 0 Å². The van der Waals surface area contributed by atoms with Gasteiger partial charge in [-0.05, 0) is 30.8 Å². The number of piperazine rings is 1. The molecule has 2 aromatic rings. The summed E-state index contributed by atoms with van der Waals surface area (Å²) in [4.78, 5) is 26.3. The lowest BCUT2D eigenvalue weighted by Gasteiger charge is -2.35. The molecule has 7 heteroatoms. The van der Waals surface area contributed by atoms with Gasteiger partial charge in [-0.2, -0.15) is 0 Å². The Bertz CT molecular complexity index is 732. The molecule has 0 N–H and O–H groups in total. The van der Waals surface area contributed by atoms with Crippen molar-refractivity contribution in [2.24, 2.45) is 0 Å². The number of rotatable bonds is 4. The summed E-state index contributed by atoms with van der Waals surface area (Å²) in [6.07, 6.45) is 3.12. The van der Waals surface area contributed by atoms with Crippen LogP contribution in [-0.2, 0) is 0 Å². The maximum Gasteiger partial charge on any atom is 0.260 e. The van der Waals surface area contributed by atoms with E-state index in [0.29, 0.717) is 5.69 Å². The summed E-state index contributed by atoms with van der Waals surface area (Å²) in [5.41, 5.74) is 0.828. The number of halogens is 1. The molecule has 1 aromatic heterocycles. The zero-order chi connectivity index (χ0) is 17.8. The first kappa shape index (κ1) is 17.3. The summed E-state index contributed by atoms with van der Waals surface area (Å²) < 4.78 is 14.6. The van der Waals surface area contributed by atoms with Crippen LogP contribution >= 0.6 is 0 Å². The molecule has 0 spiro atoms. The minimum Gasteiger partial charge on any atom is -0.367 e. The van der Waals surface area contributed by atoms with Crippen LogP contribution in [0.2, 0.25) is 0 Å². The van der Waals surface area contributed by atoms with Crippen molar-refractivity contribution >= 4 is 17.5 Å². The number of benzene rings is 1. The SMILES string of the molecule is CCN1CCN(c2ccc(C(=O)N(C)c3ncccn3)cc2F)CC1. The normalized spacial score (nSPS) is 15.2. The Morgan fingerprint density at radius 1 is 1.20 bits per heavy atom. The second-order valence-corrected chi connectivity index (χ2v) is 6.00. The number of carbonyl (C=O) groups is 1. The topological polar surface area (TPSA) is 52.6 Å². The molecule has 3 rings (SSSR count). The Morgan fingerprint density at radius 3 is 2.48 bits per heavy atom. The van der Waals surface area contributed by atoms with Crippen molar-refractivity contribution in [1.29, 1.82) is 0 Å². The first-order valence-electron chi connectivity index (χ1n) is 8.42. The van der Waals surface area contributed by atoms with Crippen LogP contribution < -0.4 is 9.80 Å². The Hall–Kier alpha value is -2.54. The summed E-state index contributed by atoms with van der Waals surface area (Å²) in [7, 11) is 1.58. The summed E-state index contributed by atoms with van der Waals surface area (Å²) in [6.45, 7) is 6.56. The smallest absolute Gasteiger partial charge is 0.260 e. The van der Waals surface area contributed by atoms with E-state index in [4.69, 9.17) is 0 Å². The average Bonchev–Trinajstić information content (AvgIpc) is 2.67. The summed E-state index contributed by atoms with van der Waals surface area (Å²) >= 11 is 0. The van der Waals surface area contributed by atoms with E-state index in [9.17, 15) is 9.18 Å². The number of likely N-dealkylation sites (N-methyl/N-ethyl adjacent to an activating group) is 1. The fourth-order valence-corrected chi connectivity index (χ4v) is 2.95. The van der Waals surface area contributed by atoms with Gasteiger partial charge in [0.1, 0.15) is 5.82 Å². The van der Waals surface area contributed by atoms with Crippen LogP contribution in [0.1, 0.15) is 17.3 Å². The molecule has 1 saturated heterocycles. The second-order valence-electron chi connectivity index (χ2n) is 6.00. The van der Waals surface area contributed by atoms with E-state index in [1.54, 1.807) is 37.6 Å². The highest BCUT2D eigenvalue weighted by Gasteiger charge is 2.21. The van der Waals surface area contributed by atoms with Crippen LogP contribution in [0.15, 0.2) is 36.7 Å². The molecule has 132 valence electrons. The average molecular weight is 343 g/mol. The maximum atomic E-state index is 14.6. The zero-order valence-corrected chi connectivity index (χ0v) is 14.5. The van der Waals surface area contributed by atoms with Crippen LogP contribution in [0, 0.1) is 5.82 Å². The highest BCUT2D eigenvalue weighted by molar-refractivity contribution is 6.04. The van der Waals surface area contributed by atoms with Crippen molar-refractivity contribution in [3.63, 3.8) is 0 Å². The van der Waals surface area contributed by atoms with Crippen LogP contribution in [0.5, 0.6) is 0 Å². The third kappa shape index (κ3) is 3.76. The van der Waals surface area contributed by atoms with Gasteiger partial charge in [0.05, 0.1) is 5.69 Å². The van der Waals surface area contributed by atoms with Crippen LogP contribution in [0.3, 0.4) is 0 Å². The van der Waals surface area contributed by atoms with E-state index in [1.807, 2.05) is 4.90 Å². The summed E-state index contributed by atoms with van der Waals surface area (Å²) in [5.74, 6) is -0.432. The lowest BCUT2D eigenvalue weighted by atomic mass is 10.1. The van der Waals surface area contributed by atoms with Crippen molar-refractivity contribution in [1.82, 2.24) is 14.9 Å². The Kier molecular flexibility index (Phi) is 5.23. The van der Waals surface area contributed by atoms with E-state index in [-0.39, 0.29) is 23.2 Å². The molecule has 1 fully saturated rings. The largest absolute Gasteiger partial charge is 0.367 e. The number of carbonyl (C=O) groups excluding carboxylic acids is 1. The van der Waals surface area contributed by atoms with Crippen LogP contribution in [0.4, 0.5) is 16.0 Å². The first-order valence-corrected chi connectivity index (χ1v) is 8.42. The molecule has 0 bridgehead atoms. The van der Waals surface area contributed by atoms with Crippen LogP contribution in [0.25, 0.3) is 0 Å². The van der Waals surface area contributed by atoms with E-state index >= 15 is 0 Å². The predicted octanol–water partition coefficient (Wildman–Crippen LogP) is 2.03. The summed E-state index contributed by atoms with van der Waals surface area (Å²) in [6, 6.07) is 6.31. The molecule has 1 aliphatic rings. The lowest BCUT2D eigenvalue weighted by molar-refractivity contribution is 0.0991. The zero-order valence-electron chi connectivity index (χ0n) is 14.5. The molecule has 6 nitrogen and oxygen atoms in total. The molecule has 0 saturated carbocycles. The lowest BCUT2D eigenvalue weighted by Crippen LogP contribution is -2.46. The highest BCUT2D eigenvalue weighted by Crippen LogP contribution is 2.23. The monoisotopic (exact) mass is 343 g/mol. The molecule has 2 heterocycles. The van der Waals surface area contributed by atoms with Crippen LogP contribution in [-0.4, -0.2) is 60.5 Å². The Balaban J connectivity index is 1.74. The molecule has 0 atom stereocenters. The quantitative estimate of drug-likeness (QED) is 0.850.